The number of anilines is 1. The average molecular weight is 296 g/mol. The van der Waals surface area contributed by atoms with Gasteiger partial charge in [0.15, 0.2) is 0 Å². The number of hydrogen-bond acceptors (Lipinski definition) is 2. The number of nitrogens with zero attached hydrogens (tertiary/aromatic N) is 2. The smallest absolute Gasteiger partial charge is 0.0484 e. The molecule has 0 bridgehead atoms. The molecule has 0 aliphatic rings. The summed E-state index contributed by atoms with van der Waals surface area (Å²) in [4.78, 5) is 4.20. The zero-order chi connectivity index (χ0) is 16.9. The van der Waals surface area contributed by atoms with Gasteiger partial charge in [0, 0.05) is 43.8 Å². The molecule has 1 aromatic rings. The van der Waals surface area contributed by atoms with E-state index in [-0.39, 0.29) is 0 Å². The van der Waals surface area contributed by atoms with Crippen LogP contribution in [0.5, 0.6) is 0 Å². The van der Waals surface area contributed by atoms with E-state index in [1.165, 1.54) is 11.3 Å². The van der Waals surface area contributed by atoms with E-state index in [1.54, 1.807) is 0 Å². The minimum Gasteiger partial charge on any atom is -0.378 e. The highest BCUT2D eigenvalue weighted by atomic mass is 15.1. The summed E-state index contributed by atoms with van der Waals surface area (Å²) in [6.45, 7) is 14.3. The van der Waals surface area contributed by atoms with E-state index in [2.05, 4.69) is 67.1 Å². The van der Waals surface area contributed by atoms with Crippen molar-refractivity contribution in [1.29, 1.82) is 0 Å². The minimum absolute atomic E-state index is 0.997. The Bertz CT molecular complexity index is 597. The van der Waals surface area contributed by atoms with Gasteiger partial charge < -0.3 is 9.80 Å². The Hall–Kier alpha value is -2.22. The Morgan fingerprint density at radius 2 is 1.55 bits per heavy atom. The third-order valence-electron chi connectivity index (χ3n) is 3.53. The molecular weight excluding hydrogens is 268 g/mol. The molecule has 2 heteroatoms. The molecule has 118 valence electrons. The van der Waals surface area contributed by atoms with Crippen LogP contribution in [0, 0.1) is 0 Å². The third-order valence-corrected chi connectivity index (χ3v) is 3.53. The fourth-order valence-electron chi connectivity index (χ4n) is 2.14. The first-order chi connectivity index (χ1) is 10.3. The van der Waals surface area contributed by atoms with Crippen LogP contribution in [-0.2, 0) is 0 Å². The molecule has 0 saturated carbocycles. The fourth-order valence-corrected chi connectivity index (χ4v) is 2.14. The molecule has 1 rings (SSSR count). The van der Waals surface area contributed by atoms with E-state index in [4.69, 9.17) is 0 Å². The van der Waals surface area contributed by atoms with E-state index >= 15 is 0 Å². The van der Waals surface area contributed by atoms with E-state index < -0.39 is 0 Å². The Labute approximate surface area is 135 Å². The molecule has 0 spiro atoms. The van der Waals surface area contributed by atoms with Crippen LogP contribution in [0.4, 0.5) is 5.69 Å². The Morgan fingerprint density at radius 3 is 1.91 bits per heavy atom. The molecular formula is C20H28N2. The van der Waals surface area contributed by atoms with E-state index in [9.17, 15) is 0 Å². The van der Waals surface area contributed by atoms with Gasteiger partial charge in [0.05, 0.1) is 0 Å². The van der Waals surface area contributed by atoms with Crippen LogP contribution in [-0.4, -0.2) is 26.0 Å². The largest absolute Gasteiger partial charge is 0.378 e. The Kier molecular flexibility index (Phi) is 6.24. The van der Waals surface area contributed by atoms with Crippen LogP contribution in [0.2, 0.25) is 0 Å². The Morgan fingerprint density at radius 1 is 1.00 bits per heavy atom. The molecule has 2 nitrogen and oxygen atoms in total. The zero-order valence-corrected chi connectivity index (χ0v) is 14.8. The second-order valence-corrected chi connectivity index (χ2v) is 5.96. The molecule has 0 heterocycles. The van der Waals surface area contributed by atoms with Gasteiger partial charge in [-0.15, -0.1) is 0 Å². The average Bonchev–Trinajstić information content (AvgIpc) is 2.46. The van der Waals surface area contributed by atoms with Crippen LogP contribution >= 0.6 is 0 Å². The molecule has 0 aromatic heterocycles. The lowest BCUT2D eigenvalue weighted by Crippen LogP contribution is -2.15. The van der Waals surface area contributed by atoms with Gasteiger partial charge in [0.2, 0.25) is 0 Å². The predicted molar refractivity (Wildman–Crippen MR) is 99.9 cm³/mol. The van der Waals surface area contributed by atoms with Gasteiger partial charge in [-0.3, -0.25) is 0 Å². The molecule has 1 aromatic carbocycles. The number of rotatable bonds is 6. The van der Waals surface area contributed by atoms with Gasteiger partial charge in [-0.2, -0.15) is 0 Å². The van der Waals surface area contributed by atoms with Gasteiger partial charge >= 0.3 is 0 Å². The van der Waals surface area contributed by atoms with E-state index in [0.717, 1.165) is 22.5 Å². The number of benzene rings is 1. The van der Waals surface area contributed by atoms with Crippen LogP contribution in [0.3, 0.4) is 0 Å². The number of likely N-dealkylation sites (N-methyl/N-ethyl adjacent to an activating group) is 1. The lowest BCUT2D eigenvalue weighted by Gasteiger charge is -2.24. The van der Waals surface area contributed by atoms with Crippen molar-refractivity contribution in [2.45, 2.75) is 20.8 Å². The van der Waals surface area contributed by atoms with Gasteiger partial charge in [0.25, 0.3) is 0 Å². The second-order valence-electron chi connectivity index (χ2n) is 5.96. The fraction of sp³-hybridized carbons (Fsp3) is 0.300. The van der Waals surface area contributed by atoms with Gasteiger partial charge in [-0.05, 0) is 44.5 Å². The van der Waals surface area contributed by atoms with Crippen molar-refractivity contribution < 1.29 is 0 Å². The molecule has 0 aliphatic heterocycles. The number of allylic oxidation sites excluding steroid dienone is 5. The summed E-state index contributed by atoms with van der Waals surface area (Å²) in [7, 11) is 6.13. The quantitative estimate of drug-likeness (QED) is 0.675. The minimum atomic E-state index is 0.997. The highest BCUT2D eigenvalue weighted by Crippen LogP contribution is 2.27. The molecule has 0 fully saturated rings. The standard InChI is InChI=1S/C20H28N2/c1-9-19(17-10-12-18(13-11-17)21(6)7)20(14-15(2)3)22(8)16(4)5/h9-14H,1,4H2,2-3,5-8H3/b20-19+. The molecule has 0 aliphatic carbocycles. The topological polar surface area (TPSA) is 6.48 Å². The second kappa shape index (κ2) is 7.69. The SMILES string of the molecule is C=C/C(=C(/C=C(C)C)N(C)C(=C)C)c1ccc(N(C)C)cc1. The van der Waals surface area contributed by atoms with Gasteiger partial charge in [0.1, 0.15) is 0 Å². The summed E-state index contributed by atoms with van der Waals surface area (Å²) in [6.07, 6.45) is 4.09. The zero-order valence-electron chi connectivity index (χ0n) is 14.8. The van der Waals surface area contributed by atoms with Crippen LogP contribution in [0.1, 0.15) is 26.3 Å². The van der Waals surface area contributed by atoms with E-state index in [1.807, 2.05) is 34.1 Å². The molecule has 0 amide bonds. The summed E-state index contributed by atoms with van der Waals surface area (Å²) < 4.78 is 0. The van der Waals surface area contributed by atoms with Crippen molar-refractivity contribution in [3.63, 3.8) is 0 Å². The van der Waals surface area contributed by atoms with Crippen molar-refractivity contribution in [2.24, 2.45) is 0 Å². The Balaban J connectivity index is 3.46. The summed E-state index contributed by atoms with van der Waals surface area (Å²) >= 11 is 0. The summed E-state index contributed by atoms with van der Waals surface area (Å²) in [5.74, 6) is 0. The van der Waals surface area contributed by atoms with Gasteiger partial charge in [-0.1, -0.05) is 36.9 Å². The third kappa shape index (κ3) is 4.39. The first-order valence-corrected chi connectivity index (χ1v) is 7.46. The maximum Gasteiger partial charge on any atom is 0.0484 e. The lowest BCUT2D eigenvalue weighted by molar-refractivity contribution is 0.542. The molecule has 0 saturated heterocycles. The summed E-state index contributed by atoms with van der Waals surface area (Å²) in [6, 6.07) is 8.52. The van der Waals surface area contributed by atoms with Crippen molar-refractivity contribution in [2.75, 3.05) is 26.0 Å². The summed E-state index contributed by atoms with van der Waals surface area (Å²) in [5.41, 5.74) is 6.80. The molecule has 0 atom stereocenters. The first-order valence-electron chi connectivity index (χ1n) is 7.46. The maximum atomic E-state index is 4.05. The molecule has 22 heavy (non-hydrogen) atoms. The first kappa shape index (κ1) is 17.8. The van der Waals surface area contributed by atoms with Crippen LogP contribution in [0.25, 0.3) is 5.57 Å². The highest BCUT2D eigenvalue weighted by Gasteiger charge is 2.10. The van der Waals surface area contributed by atoms with Crippen LogP contribution < -0.4 is 4.90 Å². The van der Waals surface area contributed by atoms with Crippen molar-refractivity contribution in [3.8, 4) is 0 Å². The molecule has 0 unspecified atom stereocenters. The highest BCUT2D eigenvalue weighted by molar-refractivity contribution is 5.78. The number of hydrogen-bond donors (Lipinski definition) is 0. The normalized spacial score (nSPS) is 11.4. The van der Waals surface area contributed by atoms with Crippen LogP contribution in [0.15, 0.2) is 66.5 Å². The molecule has 0 N–H and O–H groups in total. The van der Waals surface area contributed by atoms with Crippen molar-refractivity contribution >= 4 is 11.3 Å². The van der Waals surface area contributed by atoms with Gasteiger partial charge in [-0.25, -0.2) is 0 Å². The summed E-state index contributed by atoms with van der Waals surface area (Å²) in [5, 5.41) is 0. The van der Waals surface area contributed by atoms with E-state index in [0.29, 0.717) is 0 Å². The maximum absolute atomic E-state index is 4.05. The lowest BCUT2D eigenvalue weighted by atomic mass is 10.0. The monoisotopic (exact) mass is 296 g/mol. The molecule has 0 radical (unpaired) electrons. The van der Waals surface area contributed by atoms with Crippen molar-refractivity contribution in [1.82, 2.24) is 4.90 Å². The predicted octanol–water partition coefficient (Wildman–Crippen LogP) is 5.08. The van der Waals surface area contributed by atoms with Crippen molar-refractivity contribution in [3.05, 3.63) is 72.1 Å².